The number of aliphatic hydroxyl groups is 1. The van der Waals surface area contributed by atoms with Crippen molar-refractivity contribution in [3.63, 3.8) is 0 Å². The van der Waals surface area contributed by atoms with Crippen LogP contribution in [0.5, 0.6) is 0 Å². The third-order valence-electron chi connectivity index (χ3n) is 4.18. The molecule has 0 aliphatic carbocycles. The predicted molar refractivity (Wildman–Crippen MR) is 86.0 cm³/mol. The van der Waals surface area contributed by atoms with Gasteiger partial charge in [-0.05, 0) is 25.1 Å². The molecule has 23 heavy (non-hydrogen) atoms. The van der Waals surface area contributed by atoms with E-state index in [0.717, 1.165) is 5.56 Å². The molecule has 1 aliphatic heterocycles. The number of aryl methyl sites for hydroxylation is 1. The van der Waals surface area contributed by atoms with Crippen LogP contribution in [0.25, 0.3) is 0 Å². The molecule has 2 heterocycles. The molecule has 0 bridgehead atoms. The Hall–Kier alpha value is -2.92. The second kappa shape index (κ2) is 4.79. The summed E-state index contributed by atoms with van der Waals surface area (Å²) in [6, 6.07) is 14.5. The van der Waals surface area contributed by atoms with Gasteiger partial charge in [0.25, 0.3) is 5.91 Å². The number of anilines is 1. The first kappa shape index (κ1) is 13.7. The summed E-state index contributed by atoms with van der Waals surface area (Å²) in [7, 11) is 0. The fourth-order valence-corrected chi connectivity index (χ4v) is 3.05. The molecular weight excluding hydrogens is 290 g/mol. The highest BCUT2D eigenvalue weighted by Gasteiger charge is 2.52. The molecule has 0 saturated heterocycles. The van der Waals surface area contributed by atoms with Crippen LogP contribution < -0.4 is 4.90 Å². The molecule has 1 amide bonds. The maximum atomic E-state index is 12.9. The predicted octanol–water partition coefficient (Wildman–Crippen LogP) is 2.57. The van der Waals surface area contributed by atoms with Crippen molar-refractivity contribution < 1.29 is 9.90 Å². The molecule has 1 aliphatic rings. The van der Waals surface area contributed by atoms with E-state index in [2.05, 4.69) is 9.97 Å². The van der Waals surface area contributed by atoms with Crippen molar-refractivity contribution >= 4 is 11.6 Å². The number of carbonyl (C=O) groups excluding carboxylic acids is 1. The minimum atomic E-state index is -1.65. The zero-order valence-corrected chi connectivity index (χ0v) is 12.5. The number of benzene rings is 2. The second-order valence-electron chi connectivity index (χ2n) is 5.63. The van der Waals surface area contributed by atoms with Crippen molar-refractivity contribution in [1.82, 2.24) is 9.97 Å². The molecular formula is C18H15N3O2. The first-order valence-electron chi connectivity index (χ1n) is 7.35. The van der Waals surface area contributed by atoms with Gasteiger partial charge in [-0.15, -0.1) is 0 Å². The Bertz CT molecular complexity index is 872. The normalized spacial score (nSPS) is 19.9. The molecule has 2 N–H and O–H groups in total. The van der Waals surface area contributed by atoms with E-state index in [1.165, 1.54) is 4.90 Å². The molecule has 0 spiro atoms. The standard InChI is InChI=1S/C18H15N3O2/c1-12-6-8-13(9-7-12)21-16(22)14-4-2-3-5-15(14)18(21,23)17-19-10-11-20-17/h2-11,23H,1H3,(H,19,20)/t18-/m1/s1. The van der Waals surface area contributed by atoms with Crippen molar-refractivity contribution in [1.29, 1.82) is 0 Å². The molecule has 2 aromatic carbocycles. The third kappa shape index (κ3) is 1.83. The number of H-pyrrole nitrogens is 1. The topological polar surface area (TPSA) is 69.2 Å². The van der Waals surface area contributed by atoms with Crippen molar-refractivity contribution in [3.8, 4) is 0 Å². The van der Waals surface area contributed by atoms with Gasteiger partial charge in [0.2, 0.25) is 5.72 Å². The van der Waals surface area contributed by atoms with E-state index in [1.807, 2.05) is 31.2 Å². The Morgan fingerprint density at radius 3 is 2.57 bits per heavy atom. The largest absolute Gasteiger partial charge is 0.360 e. The Balaban J connectivity index is 1.98. The summed E-state index contributed by atoms with van der Waals surface area (Å²) < 4.78 is 0. The number of aromatic nitrogens is 2. The molecule has 1 aromatic heterocycles. The average Bonchev–Trinajstić information content (AvgIpc) is 3.17. The molecule has 0 fully saturated rings. The summed E-state index contributed by atoms with van der Waals surface area (Å²) >= 11 is 0. The van der Waals surface area contributed by atoms with Crippen LogP contribution in [0.2, 0.25) is 0 Å². The highest BCUT2D eigenvalue weighted by Crippen LogP contribution is 2.43. The van der Waals surface area contributed by atoms with E-state index in [9.17, 15) is 9.90 Å². The molecule has 4 rings (SSSR count). The summed E-state index contributed by atoms with van der Waals surface area (Å²) in [4.78, 5) is 21.4. The Labute approximate surface area is 133 Å². The number of rotatable bonds is 2. The van der Waals surface area contributed by atoms with Crippen molar-refractivity contribution in [2.45, 2.75) is 12.6 Å². The van der Waals surface area contributed by atoms with Gasteiger partial charge in [0.1, 0.15) is 0 Å². The number of amides is 1. The fraction of sp³-hybridized carbons (Fsp3) is 0.111. The summed E-state index contributed by atoms with van der Waals surface area (Å²) in [5.41, 5.74) is 1.06. The summed E-state index contributed by atoms with van der Waals surface area (Å²) in [6.45, 7) is 1.98. The van der Waals surface area contributed by atoms with Gasteiger partial charge >= 0.3 is 0 Å². The third-order valence-corrected chi connectivity index (χ3v) is 4.18. The molecule has 114 valence electrons. The van der Waals surface area contributed by atoms with Gasteiger partial charge in [-0.3, -0.25) is 9.69 Å². The van der Waals surface area contributed by atoms with Gasteiger partial charge in [0.05, 0.1) is 0 Å². The van der Waals surface area contributed by atoms with Crippen molar-refractivity contribution in [2.75, 3.05) is 4.90 Å². The quantitative estimate of drug-likeness (QED) is 0.764. The lowest BCUT2D eigenvalue weighted by Gasteiger charge is -2.32. The molecule has 5 nitrogen and oxygen atoms in total. The van der Waals surface area contributed by atoms with Gasteiger partial charge < -0.3 is 10.1 Å². The molecule has 1 atom stereocenters. The van der Waals surface area contributed by atoms with Crippen LogP contribution in [0.3, 0.4) is 0 Å². The first-order chi connectivity index (χ1) is 11.1. The number of fused-ring (bicyclic) bond motifs is 1. The fourth-order valence-electron chi connectivity index (χ4n) is 3.05. The molecule has 0 unspecified atom stereocenters. The van der Waals surface area contributed by atoms with E-state index in [-0.39, 0.29) is 5.91 Å². The highest BCUT2D eigenvalue weighted by atomic mass is 16.3. The molecule has 0 saturated carbocycles. The zero-order valence-electron chi connectivity index (χ0n) is 12.5. The monoisotopic (exact) mass is 305 g/mol. The van der Waals surface area contributed by atoms with E-state index in [0.29, 0.717) is 22.6 Å². The van der Waals surface area contributed by atoms with E-state index in [1.54, 1.807) is 36.7 Å². The Kier molecular flexibility index (Phi) is 2.86. The molecule has 3 aromatic rings. The Morgan fingerprint density at radius 1 is 1.13 bits per heavy atom. The lowest BCUT2D eigenvalue weighted by Crippen LogP contribution is -2.45. The highest BCUT2D eigenvalue weighted by molar-refractivity contribution is 6.12. The van der Waals surface area contributed by atoms with E-state index >= 15 is 0 Å². The van der Waals surface area contributed by atoms with Gasteiger partial charge in [0, 0.05) is 29.2 Å². The number of nitrogens with zero attached hydrogens (tertiary/aromatic N) is 2. The number of nitrogens with one attached hydrogen (secondary N) is 1. The van der Waals surface area contributed by atoms with Crippen LogP contribution in [0.1, 0.15) is 27.3 Å². The lowest BCUT2D eigenvalue weighted by molar-refractivity contribution is 0.0653. The zero-order chi connectivity index (χ0) is 16.0. The average molecular weight is 305 g/mol. The van der Waals surface area contributed by atoms with Crippen molar-refractivity contribution in [3.05, 3.63) is 83.4 Å². The van der Waals surface area contributed by atoms with E-state index in [4.69, 9.17) is 0 Å². The number of aromatic amines is 1. The van der Waals surface area contributed by atoms with Gasteiger partial charge in [-0.25, -0.2) is 4.98 Å². The van der Waals surface area contributed by atoms with E-state index < -0.39 is 5.72 Å². The van der Waals surface area contributed by atoms with Crippen LogP contribution in [-0.4, -0.2) is 21.0 Å². The molecule has 0 radical (unpaired) electrons. The van der Waals surface area contributed by atoms with Crippen LogP contribution in [0, 0.1) is 6.92 Å². The SMILES string of the molecule is Cc1ccc(N2C(=O)c3ccccc3[C@@]2(O)c2ncc[nH]2)cc1. The summed E-state index contributed by atoms with van der Waals surface area (Å²) in [6.07, 6.45) is 3.19. The maximum absolute atomic E-state index is 12.9. The van der Waals surface area contributed by atoms with Crippen LogP contribution in [0.15, 0.2) is 60.9 Å². The van der Waals surface area contributed by atoms with Gasteiger partial charge in [0.15, 0.2) is 5.82 Å². The number of carbonyl (C=O) groups is 1. The summed E-state index contributed by atoms with van der Waals surface area (Å²) in [5, 5.41) is 11.5. The minimum Gasteiger partial charge on any atom is -0.360 e. The lowest BCUT2D eigenvalue weighted by atomic mass is 10.0. The van der Waals surface area contributed by atoms with Crippen LogP contribution in [-0.2, 0) is 5.72 Å². The number of hydrogen-bond donors (Lipinski definition) is 2. The van der Waals surface area contributed by atoms with Crippen LogP contribution in [0.4, 0.5) is 5.69 Å². The van der Waals surface area contributed by atoms with Gasteiger partial charge in [-0.2, -0.15) is 0 Å². The first-order valence-corrected chi connectivity index (χ1v) is 7.35. The van der Waals surface area contributed by atoms with Crippen LogP contribution >= 0.6 is 0 Å². The molecule has 5 heteroatoms. The van der Waals surface area contributed by atoms with Crippen molar-refractivity contribution in [2.24, 2.45) is 0 Å². The minimum absolute atomic E-state index is 0.247. The smallest absolute Gasteiger partial charge is 0.261 e. The number of imidazole rings is 1. The summed E-state index contributed by atoms with van der Waals surface area (Å²) in [5.74, 6) is 0.0692. The maximum Gasteiger partial charge on any atom is 0.261 e. The van der Waals surface area contributed by atoms with Gasteiger partial charge in [-0.1, -0.05) is 35.9 Å². The second-order valence-corrected chi connectivity index (χ2v) is 5.63. The Morgan fingerprint density at radius 2 is 1.87 bits per heavy atom. The number of hydrogen-bond acceptors (Lipinski definition) is 3.